The van der Waals surface area contributed by atoms with E-state index < -0.39 is 0 Å². The van der Waals surface area contributed by atoms with Gasteiger partial charge >= 0.3 is 0 Å². The summed E-state index contributed by atoms with van der Waals surface area (Å²) >= 11 is 0. The number of hydrogen-bond acceptors (Lipinski definition) is 4. The summed E-state index contributed by atoms with van der Waals surface area (Å²) in [6.07, 6.45) is 10.2. The van der Waals surface area contributed by atoms with Crippen molar-refractivity contribution in [2.45, 2.75) is 38.1 Å². The summed E-state index contributed by atoms with van der Waals surface area (Å²) in [5.41, 5.74) is 7.59. The molecule has 0 aromatic rings. The summed E-state index contributed by atoms with van der Waals surface area (Å²) in [4.78, 5) is 6.69. The molecule has 4 nitrogen and oxygen atoms in total. The van der Waals surface area contributed by atoms with E-state index in [1.807, 2.05) is 12.4 Å². The van der Waals surface area contributed by atoms with Crippen molar-refractivity contribution in [3.8, 4) is 0 Å². The predicted octanol–water partition coefficient (Wildman–Crippen LogP) is 1.10. The Kier molecular flexibility index (Phi) is 3.39. The summed E-state index contributed by atoms with van der Waals surface area (Å²) < 4.78 is 0. The molecule has 3 heterocycles. The van der Waals surface area contributed by atoms with Crippen LogP contribution in [-0.4, -0.2) is 43.3 Å². The van der Waals surface area contributed by atoms with E-state index in [1.165, 1.54) is 51.9 Å². The first-order valence-corrected chi connectivity index (χ1v) is 7.21. The molecule has 0 amide bonds. The lowest BCUT2D eigenvalue weighted by atomic mass is 9.73. The molecule has 3 N–H and O–H groups in total. The Labute approximate surface area is 109 Å². The second kappa shape index (κ2) is 5.02. The zero-order valence-electron chi connectivity index (χ0n) is 11.1. The van der Waals surface area contributed by atoms with Crippen LogP contribution in [0, 0.1) is 5.41 Å². The summed E-state index contributed by atoms with van der Waals surface area (Å²) in [6, 6.07) is 0.399. The van der Waals surface area contributed by atoms with E-state index in [0.717, 1.165) is 12.1 Å². The van der Waals surface area contributed by atoms with Crippen LogP contribution in [0.15, 0.2) is 16.9 Å². The van der Waals surface area contributed by atoms with Crippen LogP contribution < -0.4 is 11.1 Å². The number of rotatable bonds is 1. The van der Waals surface area contributed by atoms with E-state index in [0.29, 0.717) is 11.5 Å². The van der Waals surface area contributed by atoms with Crippen LogP contribution in [0.5, 0.6) is 0 Å². The Morgan fingerprint density at radius 2 is 2.17 bits per heavy atom. The van der Waals surface area contributed by atoms with Gasteiger partial charge in [-0.15, -0.1) is 0 Å². The van der Waals surface area contributed by atoms with Crippen LogP contribution in [0.1, 0.15) is 32.1 Å². The van der Waals surface area contributed by atoms with Gasteiger partial charge in [0.2, 0.25) is 0 Å². The Morgan fingerprint density at radius 3 is 2.83 bits per heavy atom. The third kappa shape index (κ3) is 2.31. The highest BCUT2D eigenvalue weighted by molar-refractivity contribution is 5.61. The van der Waals surface area contributed by atoms with Gasteiger partial charge in [-0.05, 0) is 50.7 Å². The highest BCUT2D eigenvalue weighted by atomic mass is 15.2. The molecule has 1 unspecified atom stereocenters. The first kappa shape index (κ1) is 12.2. The summed E-state index contributed by atoms with van der Waals surface area (Å²) in [7, 11) is 0. The van der Waals surface area contributed by atoms with Crippen molar-refractivity contribution in [3.63, 3.8) is 0 Å². The monoisotopic (exact) mass is 248 g/mol. The summed E-state index contributed by atoms with van der Waals surface area (Å²) in [5, 5.41) is 3.57. The Morgan fingerprint density at radius 1 is 1.33 bits per heavy atom. The normalized spacial score (nSPS) is 32.4. The molecule has 0 aromatic heterocycles. The van der Waals surface area contributed by atoms with E-state index in [9.17, 15) is 0 Å². The lowest BCUT2D eigenvalue weighted by Gasteiger charge is -2.46. The van der Waals surface area contributed by atoms with Gasteiger partial charge in [-0.3, -0.25) is 9.89 Å². The van der Waals surface area contributed by atoms with Crippen LogP contribution in [0.4, 0.5) is 0 Å². The van der Waals surface area contributed by atoms with Crippen molar-refractivity contribution >= 4 is 6.21 Å². The zero-order valence-corrected chi connectivity index (χ0v) is 11.1. The number of likely N-dealkylation sites (tertiary alicyclic amines) is 1. The van der Waals surface area contributed by atoms with Gasteiger partial charge in [0.05, 0.1) is 6.04 Å². The second-order valence-electron chi connectivity index (χ2n) is 6.03. The maximum atomic E-state index is 6.07. The zero-order chi connectivity index (χ0) is 12.4. The fourth-order valence-electron chi connectivity index (χ4n) is 3.65. The van der Waals surface area contributed by atoms with Crippen molar-refractivity contribution in [1.29, 1.82) is 0 Å². The van der Waals surface area contributed by atoms with Gasteiger partial charge in [0.25, 0.3) is 0 Å². The minimum atomic E-state index is 0.399. The summed E-state index contributed by atoms with van der Waals surface area (Å²) in [6.45, 7) is 4.81. The lowest BCUT2D eigenvalue weighted by Crippen LogP contribution is -2.51. The highest BCUT2D eigenvalue weighted by Crippen LogP contribution is 2.38. The average molecular weight is 248 g/mol. The van der Waals surface area contributed by atoms with Crippen LogP contribution in [0.3, 0.4) is 0 Å². The van der Waals surface area contributed by atoms with Crippen LogP contribution in [0.25, 0.3) is 0 Å². The lowest BCUT2D eigenvalue weighted by molar-refractivity contribution is 0.0634. The first-order valence-electron chi connectivity index (χ1n) is 7.21. The third-order valence-electron chi connectivity index (χ3n) is 4.90. The molecular weight excluding hydrogens is 224 g/mol. The topological polar surface area (TPSA) is 53.6 Å². The second-order valence-corrected chi connectivity index (χ2v) is 6.03. The molecule has 2 fully saturated rings. The smallest absolute Gasteiger partial charge is 0.0558 e. The maximum absolute atomic E-state index is 6.07. The largest absolute Gasteiger partial charge is 0.399 e. The summed E-state index contributed by atoms with van der Waals surface area (Å²) in [5.74, 6) is 0. The Bertz CT molecular complexity index is 345. The Balaban J connectivity index is 1.59. The van der Waals surface area contributed by atoms with E-state index in [1.54, 1.807) is 0 Å². The number of aliphatic imine (C=N–C) groups is 1. The molecule has 3 rings (SSSR count). The van der Waals surface area contributed by atoms with Crippen molar-refractivity contribution < 1.29 is 0 Å². The number of nitrogens with two attached hydrogens (primary N) is 1. The van der Waals surface area contributed by atoms with Crippen LogP contribution >= 0.6 is 0 Å². The number of hydrogen-bond donors (Lipinski definition) is 2. The molecule has 0 radical (unpaired) electrons. The molecular formula is C14H24N4. The SMILES string of the molecule is NC1=CN=CCC1N1CCC2(CCCNC2)CC1. The van der Waals surface area contributed by atoms with E-state index in [-0.39, 0.29) is 0 Å². The molecule has 0 aliphatic carbocycles. The quantitative estimate of drug-likeness (QED) is 0.730. The number of nitrogens with one attached hydrogen (secondary N) is 1. The minimum absolute atomic E-state index is 0.399. The molecule has 3 aliphatic heterocycles. The first-order chi connectivity index (χ1) is 8.79. The van der Waals surface area contributed by atoms with Crippen LogP contribution in [0.2, 0.25) is 0 Å². The molecule has 100 valence electrons. The van der Waals surface area contributed by atoms with Gasteiger partial charge < -0.3 is 11.1 Å². The third-order valence-corrected chi connectivity index (χ3v) is 4.90. The van der Waals surface area contributed by atoms with Gasteiger partial charge in [0.1, 0.15) is 0 Å². The van der Waals surface area contributed by atoms with E-state index in [2.05, 4.69) is 15.2 Å². The minimum Gasteiger partial charge on any atom is -0.399 e. The maximum Gasteiger partial charge on any atom is 0.0558 e. The molecule has 18 heavy (non-hydrogen) atoms. The van der Waals surface area contributed by atoms with Crippen LogP contribution in [-0.2, 0) is 0 Å². The molecule has 4 heteroatoms. The van der Waals surface area contributed by atoms with Gasteiger partial charge in [-0.25, -0.2) is 0 Å². The standard InChI is InChI=1S/C14H24N4/c15-12-10-16-7-2-13(12)18-8-4-14(5-9-18)3-1-6-17-11-14/h7,10,13,17H,1-6,8-9,11,15H2. The van der Waals surface area contributed by atoms with E-state index in [4.69, 9.17) is 5.73 Å². The Hall–Kier alpha value is -0.870. The molecule has 1 atom stereocenters. The van der Waals surface area contributed by atoms with E-state index >= 15 is 0 Å². The number of nitrogens with zero attached hydrogens (tertiary/aromatic N) is 2. The average Bonchev–Trinajstić information content (AvgIpc) is 2.42. The molecule has 0 saturated carbocycles. The molecule has 0 bridgehead atoms. The van der Waals surface area contributed by atoms with Crippen molar-refractivity contribution in [1.82, 2.24) is 10.2 Å². The van der Waals surface area contributed by atoms with Gasteiger partial charge in [0, 0.05) is 31.1 Å². The molecule has 0 aromatic carbocycles. The number of piperidine rings is 2. The van der Waals surface area contributed by atoms with Crippen molar-refractivity contribution in [3.05, 3.63) is 11.9 Å². The molecule has 2 saturated heterocycles. The fraction of sp³-hybridized carbons (Fsp3) is 0.786. The highest BCUT2D eigenvalue weighted by Gasteiger charge is 2.37. The predicted molar refractivity (Wildman–Crippen MR) is 74.5 cm³/mol. The fourth-order valence-corrected chi connectivity index (χ4v) is 3.65. The van der Waals surface area contributed by atoms with Crippen molar-refractivity contribution in [2.75, 3.05) is 26.2 Å². The van der Waals surface area contributed by atoms with Gasteiger partial charge in [-0.1, -0.05) is 0 Å². The van der Waals surface area contributed by atoms with Crippen molar-refractivity contribution in [2.24, 2.45) is 16.1 Å². The molecule has 1 spiro atoms. The van der Waals surface area contributed by atoms with Gasteiger partial charge in [-0.2, -0.15) is 0 Å². The van der Waals surface area contributed by atoms with Gasteiger partial charge in [0.15, 0.2) is 0 Å². The molecule has 3 aliphatic rings.